The van der Waals surface area contributed by atoms with Crippen molar-refractivity contribution in [2.75, 3.05) is 4.72 Å². The second-order valence-corrected chi connectivity index (χ2v) is 6.53. The summed E-state index contributed by atoms with van der Waals surface area (Å²) >= 11 is 0. The third kappa shape index (κ3) is 2.25. The summed E-state index contributed by atoms with van der Waals surface area (Å²) in [7, 11) is -1.63. The van der Waals surface area contributed by atoms with Gasteiger partial charge in [-0.15, -0.1) is 0 Å². The molecule has 0 atom stereocenters. The molecule has 80 valence electrons. The third-order valence-corrected chi connectivity index (χ3v) is 3.85. The quantitative estimate of drug-likeness (QED) is 0.802. The molecule has 0 aliphatic heterocycles. The van der Waals surface area contributed by atoms with E-state index in [-0.39, 0.29) is 0 Å². The van der Waals surface area contributed by atoms with Crippen LogP contribution in [0.1, 0.15) is 20.8 Å². The minimum absolute atomic E-state index is 0.349. The zero-order valence-electron chi connectivity index (χ0n) is 8.77. The number of rotatable bonds is 2. The van der Waals surface area contributed by atoms with Gasteiger partial charge in [-0.25, -0.2) is 8.42 Å². The monoisotopic (exact) mass is 217 g/mol. The number of hydrogen-bond acceptors (Lipinski definition) is 3. The third-order valence-electron chi connectivity index (χ3n) is 1.76. The van der Waals surface area contributed by atoms with Crippen molar-refractivity contribution in [2.45, 2.75) is 25.5 Å². The van der Waals surface area contributed by atoms with Crippen LogP contribution in [0.25, 0.3) is 0 Å². The molecule has 0 saturated carbocycles. The molecule has 0 aliphatic carbocycles. The van der Waals surface area contributed by atoms with E-state index < -0.39 is 14.8 Å². The van der Waals surface area contributed by atoms with Gasteiger partial charge in [0.15, 0.2) is 5.82 Å². The molecule has 0 saturated heterocycles. The van der Waals surface area contributed by atoms with E-state index >= 15 is 0 Å². The Balaban J connectivity index is 2.90. The lowest BCUT2D eigenvalue weighted by atomic mass is 10.3. The van der Waals surface area contributed by atoms with Crippen LogP contribution in [0.4, 0.5) is 5.82 Å². The molecule has 0 aliphatic rings. The lowest BCUT2D eigenvalue weighted by Gasteiger charge is -2.18. The summed E-state index contributed by atoms with van der Waals surface area (Å²) < 4.78 is 26.5. The van der Waals surface area contributed by atoms with Crippen LogP contribution >= 0.6 is 0 Å². The number of nitrogens with zero attached hydrogens (tertiary/aromatic N) is 2. The minimum Gasteiger partial charge on any atom is -0.274 e. The fourth-order valence-corrected chi connectivity index (χ4v) is 1.45. The Hall–Kier alpha value is -1.04. The highest BCUT2D eigenvalue weighted by Gasteiger charge is 2.29. The van der Waals surface area contributed by atoms with Crippen molar-refractivity contribution in [3.8, 4) is 0 Å². The first-order valence-electron chi connectivity index (χ1n) is 4.24. The van der Waals surface area contributed by atoms with E-state index in [4.69, 9.17) is 0 Å². The van der Waals surface area contributed by atoms with Crippen LogP contribution in [0.2, 0.25) is 0 Å². The van der Waals surface area contributed by atoms with Gasteiger partial charge in [0, 0.05) is 19.3 Å². The lowest BCUT2D eigenvalue weighted by molar-refractivity contribution is 0.565. The van der Waals surface area contributed by atoms with E-state index in [1.807, 2.05) is 0 Å². The van der Waals surface area contributed by atoms with Crippen molar-refractivity contribution in [3.05, 3.63) is 12.3 Å². The van der Waals surface area contributed by atoms with Crippen molar-refractivity contribution < 1.29 is 8.42 Å². The van der Waals surface area contributed by atoms with Crippen molar-refractivity contribution >= 4 is 15.8 Å². The zero-order chi connectivity index (χ0) is 11.0. The zero-order valence-corrected chi connectivity index (χ0v) is 9.59. The molecule has 1 aromatic heterocycles. The summed E-state index contributed by atoms with van der Waals surface area (Å²) in [6.45, 7) is 4.91. The Labute approximate surface area is 84.2 Å². The van der Waals surface area contributed by atoms with Crippen molar-refractivity contribution in [1.82, 2.24) is 9.78 Å². The molecule has 1 N–H and O–H groups in total. The second kappa shape index (κ2) is 3.27. The van der Waals surface area contributed by atoms with Crippen molar-refractivity contribution in [3.63, 3.8) is 0 Å². The summed E-state index contributed by atoms with van der Waals surface area (Å²) in [6, 6.07) is 1.61. The molecular formula is C8H15N3O2S. The SMILES string of the molecule is Cn1ccc(NS(=O)(=O)C(C)(C)C)n1. The van der Waals surface area contributed by atoms with Gasteiger partial charge in [0.2, 0.25) is 10.0 Å². The molecule has 0 unspecified atom stereocenters. The number of nitrogens with one attached hydrogen (secondary N) is 1. The summed E-state index contributed by atoms with van der Waals surface area (Å²) in [5, 5.41) is 3.94. The van der Waals surface area contributed by atoms with Crippen molar-refractivity contribution in [1.29, 1.82) is 0 Å². The molecule has 0 fully saturated rings. The average molecular weight is 217 g/mol. The molecule has 1 heterocycles. The second-order valence-electron chi connectivity index (χ2n) is 4.09. The van der Waals surface area contributed by atoms with Crippen LogP contribution in [-0.2, 0) is 17.1 Å². The largest absolute Gasteiger partial charge is 0.274 e. The van der Waals surface area contributed by atoms with Gasteiger partial charge >= 0.3 is 0 Å². The van der Waals surface area contributed by atoms with E-state index in [1.54, 1.807) is 44.8 Å². The van der Waals surface area contributed by atoms with Gasteiger partial charge in [-0.05, 0) is 20.8 Å². The Morgan fingerprint density at radius 3 is 2.36 bits per heavy atom. The van der Waals surface area contributed by atoms with Crippen LogP contribution in [0.15, 0.2) is 12.3 Å². The first kappa shape index (κ1) is 11.0. The van der Waals surface area contributed by atoms with Gasteiger partial charge in [0.05, 0.1) is 4.75 Å². The van der Waals surface area contributed by atoms with Gasteiger partial charge in [0.25, 0.3) is 0 Å². The van der Waals surface area contributed by atoms with Crippen LogP contribution in [0.5, 0.6) is 0 Å². The van der Waals surface area contributed by atoms with Crippen LogP contribution < -0.4 is 4.72 Å². The fraction of sp³-hybridized carbons (Fsp3) is 0.625. The summed E-state index contributed by atoms with van der Waals surface area (Å²) in [6.07, 6.45) is 1.68. The summed E-state index contributed by atoms with van der Waals surface area (Å²) in [5.41, 5.74) is 0. The number of aromatic nitrogens is 2. The fourth-order valence-electron chi connectivity index (χ4n) is 0.760. The Bertz CT molecular complexity index is 414. The Kier molecular flexibility index (Phi) is 2.58. The molecule has 0 amide bonds. The standard InChI is InChI=1S/C8H15N3O2S/c1-8(2,3)14(12,13)10-7-5-6-11(4)9-7/h5-6H,1-4H3,(H,9,10). The molecule has 6 heteroatoms. The minimum atomic E-state index is -3.36. The average Bonchev–Trinajstić information content (AvgIpc) is 2.31. The van der Waals surface area contributed by atoms with E-state index in [0.29, 0.717) is 5.82 Å². The van der Waals surface area contributed by atoms with Crippen LogP contribution in [0, 0.1) is 0 Å². The highest BCUT2D eigenvalue weighted by atomic mass is 32.2. The van der Waals surface area contributed by atoms with Gasteiger partial charge in [-0.3, -0.25) is 9.40 Å². The van der Waals surface area contributed by atoms with E-state index in [2.05, 4.69) is 9.82 Å². The highest BCUT2D eigenvalue weighted by Crippen LogP contribution is 2.17. The highest BCUT2D eigenvalue weighted by molar-refractivity contribution is 7.94. The Morgan fingerprint density at radius 1 is 1.43 bits per heavy atom. The smallest absolute Gasteiger partial charge is 0.238 e. The molecule has 0 aromatic carbocycles. The number of anilines is 1. The first-order valence-corrected chi connectivity index (χ1v) is 5.73. The van der Waals surface area contributed by atoms with Crippen LogP contribution in [-0.4, -0.2) is 22.9 Å². The maximum atomic E-state index is 11.7. The predicted molar refractivity (Wildman–Crippen MR) is 55.5 cm³/mol. The maximum absolute atomic E-state index is 11.7. The van der Waals surface area contributed by atoms with Gasteiger partial charge in [-0.2, -0.15) is 5.10 Å². The number of sulfonamides is 1. The Morgan fingerprint density at radius 2 is 2.00 bits per heavy atom. The summed E-state index contributed by atoms with van der Waals surface area (Å²) in [4.78, 5) is 0. The van der Waals surface area contributed by atoms with Gasteiger partial charge in [-0.1, -0.05) is 0 Å². The topological polar surface area (TPSA) is 64.0 Å². The van der Waals surface area contributed by atoms with Crippen molar-refractivity contribution in [2.24, 2.45) is 7.05 Å². The molecule has 0 spiro atoms. The molecule has 5 nitrogen and oxygen atoms in total. The van der Waals surface area contributed by atoms with E-state index in [9.17, 15) is 8.42 Å². The van der Waals surface area contributed by atoms with Gasteiger partial charge < -0.3 is 0 Å². The molecule has 0 bridgehead atoms. The molecule has 1 aromatic rings. The number of aryl methyl sites for hydroxylation is 1. The van der Waals surface area contributed by atoms with Gasteiger partial charge in [0.1, 0.15) is 0 Å². The predicted octanol–water partition coefficient (Wildman–Crippen LogP) is 0.960. The number of hydrogen-bond donors (Lipinski definition) is 1. The van der Waals surface area contributed by atoms with E-state index in [1.165, 1.54) is 0 Å². The first-order chi connectivity index (χ1) is 6.22. The maximum Gasteiger partial charge on any atom is 0.238 e. The van der Waals surface area contributed by atoms with Crippen LogP contribution in [0.3, 0.4) is 0 Å². The summed E-state index contributed by atoms with van der Waals surface area (Å²) in [5.74, 6) is 0.349. The molecule has 0 radical (unpaired) electrons. The molecular weight excluding hydrogens is 202 g/mol. The molecule has 14 heavy (non-hydrogen) atoms. The van der Waals surface area contributed by atoms with E-state index in [0.717, 1.165) is 0 Å². The lowest BCUT2D eigenvalue weighted by Crippen LogP contribution is -2.33. The normalized spacial score (nSPS) is 12.9. The molecule has 1 rings (SSSR count).